The molecule has 0 amide bonds. The lowest BCUT2D eigenvalue weighted by Crippen LogP contribution is -2.32. The van der Waals surface area contributed by atoms with Gasteiger partial charge in [0.25, 0.3) is 0 Å². The maximum absolute atomic E-state index is 5.98. The molecule has 5 nitrogen and oxygen atoms in total. The van der Waals surface area contributed by atoms with Crippen molar-refractivity contribution in [3.8, 4) is 5.75 Å². The summed E-state index contributed by atoms with van der Waals surface area (Å²) in [5, 5.41) is 3.10. The molecule has 0 spiro atoms. The Bertz CT molecular complexity index is 718. The second-order valence-electron chi connectivity index (χ2n) is 6.00. The van der Waals surface area contributed by atoms with Gasteiger partial charge in [-0.25, -0.2) is 0 Å². The summed E-state index contributed by atoms with van der Waals surface area (Å²) in [6, 6.07) is 16.7. The first-order valence-electron chi connectivity index (χ1n) is 8.23. The van der Waals surface area contributed by atoms with Crippen molar-refractivity contribution < 1.29 is 4.74 Å². The molecule has 0 aliphatic carbocycles. The number of methoxy groups -OCH3 is 1. The van der Waals surface area contributed by atoms with Gasteiger partial charge in [0.1, 0.15) is 5.75 Å². The molecule has 0 bridgehead atoms. The van der Waals surface area contributed by atoms with E-state index >= 15 is 0 Å². The summed E-state index contributed by atoms with van der Waals surface area (Å²) in [6.07, 6.45) is 1.10. The van der Waals surface area contributed by atoms with Crippen molar-refractivity contribution in [2.45, 2.75) is 19.4 Å². The van der Waals surface area contributed by atoms with Crippen LogP contribution >= 0.6 is 24.0 Å². The molecule has 2 aromatic carbocycles. The number of rotatable bonds is 5. The summed E-state index contributed by atoms with van der Waals surface area (Å²) >= 11 is 0. The largest absolute Gasteiger partial charge is 0.497 e. The van der Waals surface area contributed by atoms with E-state index in [0.717, 1.165) is 24.4 Å². The number of ether oxygens (including phenoxy) is 1. The van der Waals surface area contributed by atoms with Crippen molar-refractivity contribution in [1.29, 1.82) is 0 Å². The number of para-hydroxylation sites is 1. The van der Waals surface area contributed by atoms with Crippen molar-refractivity contribution in [3.63, 3.8) is 0 Å². The van der Waals surface area contributed by atoms with Crippen molar-refractivity contribution in [3.05, 3.63) is 54.1 Å². The zero-order valence-electron chi connectivity index (χ0n) is 14.6. The van der Waals surface area contributed by atoms with Gasteiger partial charge in [-0.1, -0.05) is 18.2 Å². The van der Waals surface area contributed by atoms with Crippen molar-refractivity contribution in [2.75, 3.05) is 30.4 Å². The van der Waals surface area contributed by atoms with E-state index in [-0.39, 0.29) is 24.0 Å². The van der Waals surface area contributed by atoms with Gasteiger partial charge in [-0.3, -0.25) is 4.99 Å². The average Bonchev–Trinajstić information content (AvgIpc) is 2.91. The molecule has 0 fully saturated rings. The summed E-state index contributed by atoms with van der Waals surface area (Å²) in [4.78, 5) is 6.85. The molecule has 0 saturated heterocycles. The fourth-order valence-electron chi connectivity index (χ4n) is 3.11. The minimum atomic E-state index is 0. The maximum Gasteiger partial charge on any atom is 0.193 e. The maximum atomic E-state index is 5.98. The zero-order chi connectivity index (χ0) is 16.9. The van der Waals surface area contributed by atoms with Gasteiger partial charge in [0, 0.05) is 24.0 Å². The number of hydrogen-bond donors (Lipinski definition) is 2. The number of fused-ring (bicyclic) bond motifs is 1. The first-order valence-corrected chi connectivity index (χ1v) is 8.23. The van der Waals surface area contributed by atoms with Crippen LogP contribution in [-0.4, -0.2) is 32.2 Å². The van der Waals surface area contributed by atoms with Gasteiger partial charge in [0.15, 0.2) is 5.96 Å². The van der Waals surface area contributed by atoms with Crippen LogP contribution in [-0.2, 0) is 6.42 Å². The van der Waals surface area contributed by atoms with Crippen LogP contribution in [0.15, 0.2) is 53.5 Å². The van der Waals surface area contributed by atoms with Crippen LogP contribution in [0.2, 0.25) is 0 Å². The molecular formula is C19H25IN4O. The Morgan fingerprint density at radius 1 is 1.24 bits per heavy atom. The van der Waals surface area contributed by atoms with Gasteiger partial charge < -0.3 is 20.7 Å². The van der Waals surface area contributed by atoms with E-state index in [2.05, 4.69) is 46.4 Å². The van der Waals surface area contributed by atoms with Gasteiger partial charge in [-0.2, -0.15) is 0 Å². The van der Waals surface area contributed by atoms with E-state index < -0.39 is 0 Å². The average molecular weight is 452 g/mol. The Labute approximate surface area is 166 Å². The molecule has 0 aromatic heterocycles. The topological polar surface area (TPSA) is 62.9 Å². The number of guanidine groups is 1. The summed E-state index contributed by atoms with van der Waals surface area (Å²) in [7, 11) is 1.65. The molecule has 0 saturated carbocycles. The number of nitrogens with one attached hydrogen (secondary N) is 1. The minimum Gasteiger partial charge on any atom is -0.497 e. The van der Waals surface area contributed by atoms with E-state index in [9.17, 15) is 0 Å². The summed E-state index contributed by atoms with van der Waals surface area (Å²) in [6.45, 7) is 3.78. The lowest BCUT2D eigenvalue weighted by molar-refractivity contribution is 0.415. The third kappa shape index (κ3) is 4.78. The monoisotopic (exact) mass is 452 g/mol. The lowest BCUT2D eigenvalue weighted by atomic mass is 10.1. The molecule has 25 heavy (non-hydrogen) atoms. The van der Waals surface area contributed by atoms with Crippen LogP contribution in [0.1, 0.15) is 12.5 Å². The van der Waals surface area contributed by atoms with Crippen LogP contribution in [0.25, 0.3) is 0 Å². The number of benzene rings is 2. The summed E-state index contributed by atoms with van der Waals surface area (Å²) in [5.74, 6) is 1.25. The summed E-state index contributed by atoms with van der Waals surface area (Å²) < 4.78 is 5.14. The minimum absolute atomic E-state index is 0. The Hall–Kier alpha value is -1.96. The molecule has 1 unspecified atom stereocenters. The molecule has 2 aromatic rings. The number of hydrogen-bond acceptors (Lipinski definition) is 3. The van der Waals surface area contributed by atoms with Gasteiger partial charge in [-0.05, 0) is 49.2 Å². The Morgan fingerprint density at radius 3 is 2.68 bits per heavy atom. The first-order chi connectivity index (χ1) is 11.7. The predicted octanol–water partition coefficient (Wildman–Crippen LogP) is 3.49. The highest BCUT2D eigenvalue weighted by molar-refractivity contribution is 14.0. The SMILES string of the molecule is COc1ccc(NC(N)=NCCN2c3ccccc3CC2C)cc1.I. The van der Waals surface area contributed by atoms with Gasteiger partial charge in [0.2, 0.25) is 0 Å². The van der Waals surface area contributed by atoms with E-state index in [0.29, 0.717) is 18.5 Å². The van der Waals surface area contributed by atoms with E-state index in [1.54, 1.807) is 7.11 Å². The zero-order valence-corrected chi connectivity index (χ0v) is 16.9. The molecule has 0 radical (unpaired) electrons. The lowest BCUT2D eigenvalue weighted by Gasteiger charge is -2.24. The molecule has 3 rings (SSSR count). The molecule has 134 valence electrons. The molecule has 6 heteroatoms. The van der Waals surface area contributed by atoms with Crippen LogP contribution < -0.4 is 20.7 Å². The normalized spacial score (nSPS) is 16.2. The smallest absolute Gasteiger partial charge is 0.193 e. The van der Waals surface area contributed by atoms with Crippen LogP contribution in [0.5, 0.6) is 5.75 Å². The number of aliphatic imine (C=N–C) groups is 1. The highest BCUT2D eigenvalue weighted by Gasteiger charge is 2.24. The van der Waals surface area contributed by atoms with Crippen molar-refractivity contribution >= 4 is 41.3 Å². The van der Waals surface area contributed by atoms with Crippen LogP contribution in [0, 0.1) is 0 Å². The quantitative estimate of drug-likeness (QED) is 0.414. The molecule has 1 aliphatic heterocycles. The second kappa shape index (κ2) is 8.94. The number of nitrogens with two attached hydrogens (primary N) is 1. The standard InChI is InChI=1S/C19H24N4O.HI/c1-14-13-15-5-3-4-6-18(15)23(14)12-11-21-19(20)22-16-7-9-17(24-2)10-8-16;/h3-10,14H,11-13H2,1-2H3,(H3,20,21,22);1H. The number of halogens is 1. The third-order valence-corrected chi connectivity index (χ3v) is 4.33. The molecule has 3 N–H and O–H groups in total. The number of nitrogens with zero attached hydrogens (tertiary/aromatic N) is 2. The Morgan fingerprint density at radius 2 is 1.96 bits per heavy atom. The van der Waals surface area contributed by atoms with Gasteiger partial charge in [-0.15, -0.1) is 24.0 Å². The van der Waals surface area contributed by atoms with Crippen molar-refractivity contribution in [2.24, 2.45) is 10.7 Å². The Kier molecular flexibility index (Phi) is 6.92. The molecule has 1 aliphatic rings. The predicted molar refractivity (Wildman–Crippen MR) is 115 cm³/mol. The summed E-state index contributed by atoms with van der Waals surface area (Å²) in [5.41, 5.74) is 9.62. The molecular weight excluding hydrogens is 427 g/mol. The number of anilines is 2. The Balaban J connectivity index is 0.00000225. The first kappa shape index (κ1) is 19.4. The van der Waals surface area contributed by atoms with E-state index in [1.165, 1.54) is 11.3 Å². The fourth-order valence-corrected chi connectivity index (χ4v) is 3.11. The third-order valence-electron chi connectivity index (χ3n) is 4.33. The van der Waals surface area contributed by atoms with Crippen LogP contribution in [0.4, 0.5) is 11.4 Å². The fraction of sp³-hybridized carbons (Fsp3) is 0.316. The highest BCUT2D eigenvalue weighted by atomic mass is 127. The van der Waals surface area contributed by atoms with Crippen molar-refractivity contribution in [1.82, 2.24) is 0 Å². The van der Waals surface area contributed by atoms with E-state index in [1.807, 2.05) is 24.3 Å². The van der Waals surface area contributed by atoms with Gasteiger partial charge in [0.05, 0.1) is 13.7 Å². The highest BCUT2D eigenvalue weighted by Crippen LogP contribution is 2.31. The second-order valence-corrected chi connectivity index (χ2v) is 6.00. The van der Waals surface area contributed by atoms with E-state index in [4.69, 9.17) is 10.5 Å². The van der Waals surface area contributed by atoms with Crippen LogP contribution in [0.3, 0.4) is 0 Å². The molecule has 1 atom stereocenters. The van der Waals surface area contributed by atoms with Gasteiger partial charge >= 0.3 is 0 Å². The molecule has 1 heterocycles.